The van der Waals surface area contributed by atoms with Crippen LogP contribution in [0.3, 0.4) is 0 Å². The van der Waals surface area contributed by atoms with Gasteiger partial charge in [-0.15, -0.1) is 0 Å². The fraction of sp³-hybridized carbons (Fsp3) is 0.538. The van der Waals surface area contributed by atoms with Gasteiger partial charge in [-0.25, -0.2) is 13.1 Å². The second kappa shape index (κ2) is 8.34. The number of rotatable bonds is 8. The van der Waals surface area contributed by atoms with Crippen LogP contribution in [0.4, 0.5) is 0 Å². The molecule has 0 atom stereocenters. The molecule has 20 heavy (non-hydrogen) atoms. The van der Waals surface area contributed by atoms with Crippen molar-refractivity contribution in [2.75, 3.05) is 19.8 Å². The van der Waals surface area contributed by atoms with Crippen molar-refractivity contribution in [3.63, 3.8) is 0 Å². The van der Waals surface area contributed by atoms with E-state index in [9.17, 15) is 8.42 Å². The molecule has 0 bridgehead atoms. The van der Waals surface area contributed by atoms with Crippen molar-refractivity contribution in [3.05, 3.63) is 27.7 Å². The highest BCUT2D eigenvalue weighted by molar-refractivity contribution is 9.10. The molecule has 0 spiro atoms. The van der Waals surface area contributed by atoms with E-state index >= 15 is 0 Å². The Kier molecular flexibility index (Phi) is 7.47. The van der Waals surface area contributed by atoms with Crippen LogP contribution in [0.25, 0.3) is 0 Å². The first-order chi connectivity index (χ1) is 9.33. The summed E-state index contributed by atoms with van der Waals surface area (Å²) in [6.07, 6.45) is 0.625. The Morgan fingerprint density at radius 3 is 2.70 bits per heavy atom. The largest absolute Gasteiger partial charge is 0.381 e. The molecular weight excluding hydrogens is 366 g/mol. The normalized spacial score (nSPS) is 12.1. The van der Waals surface area contributed by atoms with Crippen molar-refractivity contribution in [3.8, 4) is 0 Å². The smallest absolute Gasteiger partial charge is 0.242 e. The van der Waals surface area contributed by atoms with E-state index < -0.39 is 10.0 Å². The Morgan fingerprint density at radius 2 is 2.10 bits per heavy atom. The van der Waals surface area contributed by atoms with Crippen LogP contribution in [-0.4, -0.2) is 28.2 Å². The number of nitrogens with one attached hydrogen (secondary N) is 1. The molecule has 0 fully saturated rings. The summed E-state index contributed by atoms with van der Waals surface area (Å²) in [7, 11) is -3.57. The van der Waals surface area contributed by atoms with Gasteiger partial charge in [-0.1, -0.05) is 41.4 Å². The third kappa shape index (κ3) is 6.10. The lowest BCUT2D eigenvalue weighted by molar-refractivity contribution is 0.108. The summed E-state index contributed by atoms with van der Waals surface area (Å²) in [6.45, 7) is 5.68. The van der Waals surface area contributed by atoms with Gasteiger partial charge in [0.2, 0.25) is 10.0 Å². The maximum Gasteiger partial charge on any atom is 0.242 e. The maximum atomic E-state index is 12.1. The summed E-state index contributed by atoms with van der Waals surface area (Å²) < 4.78 is 32.8. The Labute approximate surface area is 134 Å². The summed E-state index contributed by atoms with van der Waals surface area (Å²) in [5.41, 5.74) is 0. The van der Waals surface area contributed by atoms with Crippen molar-refractivity contribution in [1.82, 2.24) is 4.72 Å². The van der Waals surface area contributed by atoms with E-state index in [1.807, 2.05) is 0 Å². The SMILES string of the molecule is CC(C)COCCCNS(=O)(=O)c1ccc(Br)cc1Cl. The standard InChI is InChI=1S/C13H19BrClNO3S/c1-10(2)9-19-7-3-6-16-20(17,18)13-5-4-11(14)8-12(13)15/h4-5,8,10,16H,3,6-7,9H2,1-2H3. The number of hydrogen-bond acceptors (Lipinski definition) is 3. The number of ether oxygens (including phenoxy) is 1. The molecule has 1 aromatic carbocycles. The minimum absolute atomic E-state index is 0.0884. The highest BCUT2D eigenvalue weighted by Gasteiger charge is 2.17. The molecule has 0 amide bonds. The number of halogens is 2. The molecule has 0 unspecified atom stereocenters. The predicted octanol–water partition coefficient (Wildman–Crippen LogP) is 3.44. The number of sulfonamides is 1. The third-order valence-corrected chi connectivity index (χ3v) is 4.83. The highest BCUT2D eigenvalue weighted by atomic mass is 79.9. The molecule has 7 heteroatoms. The zero-order valence-electron chi connectivity index (χ0n) is 11.5. The molecule has 114 valence electrons. The highest BCUT2D eigenvalue weighted by Crippen LogP contribution is 2.24. The Balaban J connectivity index is 2.46. The molecule has 1 N–H and O–H groups in total. The van der Waals surface area contributed by atoms with Crippen molar-refractivity contribution in [2.45, 2.75) is 25.2 Å². The van der Waals surface area contributed by atoms with Gasteiger partial charge in [0.05, 0.1) is 5.02 Å². The fourth-order valence-electron chi connectivity index (χ4n) is 1.47. The van der Waals surface area contributed by atoms with Crippen molar-refractivity contribution in [2.24, 2.45) is 5.92 Å². The first kappa shape index (κ1) is 17.9. The van der Waals surface area contributed by atoms with E-state index in [2.05, 4.69) is 34.5 Å². The number of benzene rings is 1. The zero-order valence-corrected chi connectivity index (χ0v) is 14.7. The van der Waals surface area contributed by atoms with Crippen molar-refractivity contribution in [1.29, 1.82) is 0 Å². The van der Waals surface area contributed by atoms with E-state index in [0.717, 1.165) is 4.47 Å². The van der Waals surface area contributed by atoms with Gasteiger partial charge >= 0.3 is 0 Å². The van der Waals surface area contributed by atoms with Gasteiger partial charge < -0.3 is 4.74 Å². The van der Waals surface area contributed by atoms with E-state index in [-0.39, 0.29) is 9.92 Å². The molecule has 1 rings (SSSR count). The van der Waals surface area contributed by atoms with Crippen LogP contribution in [-0.2, 0) is 14.8 Å². The van der Waals surface area contributed by atoms with Crippen LogP contribution in [0.1, 0.15) is 20.3 Å². The lowest BCUT2D eigenvalue weighted by Crippen LogP contribution is -2.26. The summed E-state index contributed by atoms with van der Waals surface area (Å²) in [6, 6.07) is 4.68. The van der Waals surface area contributed by atoms with Gasteiger partial charge in [0.15, 0.2) is 0 Å². The summed E-state index contributed by atoms with van der Waals surface area (Å²) in [4.78, 5) is 0.0884. The summed E-state index contributed by atoms with van der Waals surface area (Å²) in [5.74, 6) is 0.480. The molecule has 0 saturated heterocycles. The topological polar surface area (TPSA) is 55.4 Å². The average molecular weight is 385 g/mol. The van der Waals surface area contributed by atoms with Gasteiger partial charge in [-0.2, -0.15) is 0 Å². The van der Waals surface area contributed by atoms with E-state index in [0.29, 0.717) is 32.1 Å². The van der Waals surface area contributed by atoms with Crippen LogP contribution in [0, 0.1) is 5.92 Å². The first-order valence-electron chi connectivity index (χ1n) is 6.35. The average Bonchev–Trinajstić information content (AvgIpc) is 2.32. The minimum Gasteiger partial charge on any atom is -0.381 e. The van der Waals surface area contributed by atoms with Gasteiger partial charge in [0, 0.05) is 24.2 Å². The van der Waals surface area contributed by atoms with Crippen molar-refractivity contribution < 1.29 is 13.2 Å². The lowest BCUT2D eigenvalue weighted by atomic mass is 10.2. The fourth-order valence-corrected chi connectivity index (χ4v) is 3.58. The molecule has 4 nitrogen and oxygen atoms in total. The van der Waals surface area contributed by atoms with Crippen LogP contribution in [0.15, 0.2) is 27.6 Å². The van der Waals surface area contributed by atoms with E-state index in [1.54, 1.807) is 12.1 Å². The van der Waals surface area contributed by atoms with Crippen LogP contribution in [0.5, 0.6) is 0 Å². The molecule has 1 aromatic rings. The van der Waals surface area contributed by atoms with Crippen LogP contribution < -0.4 is 4.72 Å². The monoisotopic (exact) mass is 383 g/mol. The van der Waals surface area contributed by atoms with Gasteiger partial charge in [-0.3, -0.25) is 0 Å². The quantitative estimate of drug-likeness (QED) is 0.699. The minimum atomic E-state index is -3.57. The van der Waals surface area contributed by atoms with Gasteiger partial charge in [0.1, 0.15) is 4.90 Å². The molecular formula is C13H19BrClNO3S. The zero-order chi connectivity index (χ0) is 15.2. The molecule has 0 aliphatic carbocycles. The lowest BCUT2D eigenvalue weighted by Gasteiger charge is -2.09. The summed E-state index contributed by atoms with van der Waals surface area (Å²) >= 11 is 9.18. The maximum absolute atomic E-state index is 12.1. The first-order valence-corrected chi connectivity index (χ1v) is 9.01. The van der Waals surface area contributed by atoms with E-state index in [4.69, 9.17) is 16.3 Å². The van der Waals surface area contributed by atoms with Crippen molar-refractivity contribution >= 4 is 37.6 Å². The van der Waals surface area contributed by atoms with Gasteiger partial charge in [-0.05, 0) is 30.5 Å². The third-order valence-electron chi connectivity index (χ3n) is 2.39. The Hall–Kier alpha value is -0.140. The number of hydrogen-bond donors (Lipinski definition) is 1. The van der Waals surface area contributed by atoms with E-state index in [1.165, 1.54) is 6.07 Å². The second-order valence-corrected chi connectivity index (χ2v) is 7.85. The molecule has 0 aliphatic heterocycles. The molecule has 0 aliphatic rings. The molecule has 0 saturated carbocycles. The molecule has 0 radical (unpaired) electrons. The van der Waals surface area contributed by atoms with Gasteiger partial charge in [0.25, 0.3) is 0 Å². The Bertz CT molecular complexity index is 534. The molecule has 0 aromatic heterocycles. The van der Waals surface area contributed by atoms with Crippen LogP contribution >= 0.6 is 27.5 Å². The predicted molar refractivity (Wildman–Crippen MR) is 84.6 cm³/mol. The summed E-state index contributed by atoms with van der Waals surface area (Å²) in [5, 5.41) is 0.197. The molecule has 0 heterocycles. The van der Waals surface area contributed by atoms with Crippen LogP contribution in [0.2, 0.25) is 5.02 Å². The Morgan fingerprint density at radius 1 is 1.40 bits per heavy atom. The second-order valence-electron chi connectivity index (χ2n) is 4.79.